The number of benzene rings is 1. The first-order chi connectivity index (χ1) is 12.0. The van der Waals surface area contributed by atoms with Gasteiger partial charge < -0.3 is 15.0 Å². The monoisotopic (exact) mass is 366 g/mol. The first kappa shape index (κ1) is 18.5. The lowest BCUT2D eigenvalue weighted by molar-refractivity contribution is 0.307. The highest BCUT2D eigenvalue weighted by molar-refractivity contribution is 7.91. The van der Waals surface area contributed by atoms with Gasteiger partial charge in [-0.1, -0.05) is 25.0 Å². The third kappa shape index (κ3) is 4.47. The third-order valence-corrected chi connectivity index (χ3v) is 7.29. The second-order valence-corrected chi connectivity index (χ2v) is 9.62. The van der Waals surface area contributed by atoms with Crippen LogP contribution in [-0.2, 0) is 9.84 Å². The lowest BCUT2D eigenvalue weighted by Crippen LogP contribution is -2.52. The van der Waals surface area contributed by atoms with Gasteiger partial charge in [-0.25, -0.2) is 8.42 Å². The largest absolute Gasteiger partial charge is 0.495 e. The molecule has 6 heteroatoms. The molecule has 3 rings (SSSR count). The Kier molecular flexibility index (Phi) is 5.89. The molecule has 1 aliphatic heterocycles. The van der Waals surface area contributed by atoms with Crippen LogP contribution < -0.4 is 15.0 Å². The van der Waals surface area contributed by atoms with E-state index in [9.17, 15) is 8.42 Å². The van der Waals surface area contributed by atoms with E-state index in [2.05, 4.69) is 16.3 Å². The number of piperidine rings is 1. The van der Waals surface area contributed by atoms with Crippen LogP contribution >= 0.6 is 0 Å². The number of rotatable bonds is 5. The van der Waals surface area contributed by atoms with Gasteiger partial charge in [0, 0.05) is 31.4 Å². The van der Waals surface area contributed by atoms with E-state index in [1.54, 1.807) is 7.11 Å². The molecule has 1 aromatic rings. The fourth-order valence-corrected chi connectivity index (χ4v) is 5.69. The van der Waals surface area contributed by atoms with E-state index in [-0.39, 0.29) is 11.3 Å². The number of sulfone groups is 1. The molecule has 2 fully saturated rings. The Labute approximate surface area is 151 Å². The van der Waals surface area contributed by atoms with E-state index < -0.39 is 9.84 Å². The number of methoxy groups -OCH3 is 1. The summed E-state index contributed by atoms with van der Waals surface area (Å²) in [6.45, 7) is 1.93. The van der Waals surface area contributed by atoms with Gasteiger partial charge in [0.15, 0.2) is 9.84 Å². The number of nitrogens with one attached hydrogen (secondary N) is 1. The first-order valence-corrected chi connectivity index (χ1v) is 11.3. The summed E-state index contributed by atoms with van der Waals surface area (Å²) in [5.74, 6) is 0.915. The average Bonchev–Trinajstić information content (AvgIpc) is 2.62. The van der Waals surface area contributed by atoms with Gasteiger partial charge in [-0.15, -0.1) is 0 Å². The van der Waals surface area contributed by atoms with E-state index in [0.717, 1.165) is 63.1 Å². The fraction of sp³-hybridized carbons (Fsp3) is 0.684. The topological polar surface area (TPSA) is 58.6 Å². The Morgan fingerprint density at radius 2 is 1.76 bits per heavy atom. The Hall–Kier alpha value is -1.27. The predicted molar refractivity (Wildman–Crippen MR) is 102 cm³/mol. The molecule has 5 nitrogen and oxygen atoms in total. The van der Waals surface area contributed by atoms with Crippen LogP contribution in [0.2, 0.25) is 0 Å². The van der Waals surface area contributed by atoms with Gasteiger partial charge in [0.25, 0.3) is 0 Å². The van der Waals surface area contributed by atoms with Crippen LogP contribution in [0.25, 0.3) is 0 Å². The number of para-hydroxylation sites is 2. The van der Waals surface area contributed by atoms with Crippen LogP contribution in [0.1, 0.15) is 38.5 Å². The van der Waals surface area contributed by atoms with Crippen molar-refractivity contribution in [3.8, 4) is 5.75 Å². The summed E-state index contributed by atoms with van der Waals surface area (Å²) in [6.07, 6.45) is 7.39. The highest BCUT2D eigenvalue weighted by Crippen LogP contribution is 2.31. The number of ether oxygens (including phenoxy) is 1. The molecule has 0 aromatic heterocycles. The number of anilines is 1. The second kappa shape index (κ2) is 7.96. The van der Waals surface area contributed by atoms with Crippen molar-refractivity contribution >= 4 is 15.5 Å². The summed E-state index contributed by atoms with van der Waals surface area (Å²) in [5, 5.41) is 3.46. The normalized spacial score (nSPS) is 25.8. The first-order valence-electron chi connectivity index (χ1n) is 9.32. The zero-order valence-corrected chi connectivity index (χ0v) is 16.1. The van der Waals surface area contributed by atoms with Crippen LogP contribution in [0.15, 0.2) is 24.3 Å². The summed E-state index contributed by atoms with van der Waals surface area (Å²) in [5.41, 5.74) is 1.15. The van der Waals surface area contributed by atoms with Gasteiger partial charge in [0.05, 0.1) is 18.0 Å². The highest BCUT2D eigenvalue weighted by Gasteiger charge is 2.34. The molecule has 0 radical (unpaired) electrons. The third-order valence-electron chi connectivity index (χ3n) is 5.62. The van der Waals surface area contributed by atoms with E-state index in [4.69, 9.17) is 4.74 Å². The summed E-state index contributed by atoms with van der Waals surface area (Å²) < 4.78 is 29.6. The lowest BCUT2D eigenvalue weighted by atomic mass is 9.93. The predicted octanol–water partition coefficient (Wildman–Crippen LogP) is 2.61. The fourth-order valence-electron chi connectivity index (χ4n) is 4.28. The smallest absolute Gasteiger partial charge is 0.151 e. The molecule has 1 heterocycles. The molecule has 1 saturated carbocycles. The van der Waals surface area contributed by atoms with Gasteiger partial charge in [0.1, 0.15) is 5.75 Å². The zero-order valence-electron chi connectivity index (χ0n) is 15.3. The van der Waals surface area contributed by atoms with Crippen molar-refractivity contribution in [2.24, 2.45) is 0 Å². The van der Waals surface area contributed by atoms with Gasteiger partial charge >= 0.3 is 0 Å². The molecule has 2 unspecified atom stereocenters. The molecular formula is C19H30N2O3S. The van der Waals surface area contributed by atoms with Crippen LogP contribution in [0.5, 0.6) is 5.75 Å². The minimum Gasteiger partial charge on any atom is -0.495 e. The summed E-state index contributed by atoms with van der Waals surface area (Å²) >= 11 is 0. The summed E-state index contributed by atoms with van der Waals surface area (Å²) in [6, 6.07) is 8.66. The standard InChI is InChI=1S/C19H30N2O3S/c1-24-18-9-5-4-8-17(18)21-13-11-15(12-14-21)20-16-7-3-6-10-19(16)25(2,22)23/h4-5,8-9,15-16,19-20H,3,6-7,10-14H2,1-2H3. The summed E-state index contributed by atoms with van der Waals surface area (Å²) in [7, 11) is -1.27. The molecule has 0 bridgehead atoms. The minimum absolute atomic E-state index is 0.117. The van der Waals surface area contributed by atoms with Crippen molar-refractivity contribution in [2.45, 2.75) is 55.9 Å². The molecule has 25 heavy (non-hydrogen) atoms. The maximum atomic E-state index is 12.1. The Morgan fingerprint density at radius 3 is 2.44 bits per heavy atom. The Balaban J connectivity index is 1.59. The van der Waals surface area contributed by atoms with Crippen LogP contribution in [-0.4, -0.2) is 52.2 Å². The molecular weight excluding hydrogens is 336 g/mol. The molecule has 2 aliphatic rings. The van der Waals surface area contributed by atoms with E-state index in [0.29, 0.717) is 6.04 Å². The molecule has 0 spiro atoms. The Bertz CT molecular complexity index is 669. The lowest BCUT2D eigenvalue weighted by Gasteiger charge is -2.39. The van der Waals surface area contributed by atoms with Crippen LogP contribution in [0, 0.1) is 0 Å². The SMILES string of the molecule is COc1ccccc1N1CCC(NC2CCCCC2S(C)(=O)=O)CC1. The molecule has 1 aliphatic carbocycles. The molecule has 2 atom stereocenters. The van der Waals surface area contributed by atoms with Crippen molar-refractivity contribution in [1.29, 1.82) is 0 Å². The van der Waals surface area contributed by atoms with Crippen LogP contribution in [0.3, 0.4) is 0 Å². The molecule has 1 N–H and O–H groups in total. The van der Waals surface area contributed by atoms with Gasteiger partial charge in [-0.3, -0.25) is 0 Å². The van der Waals surface area contributed by atoms with E-state index in [1.807, 2.05) is 18.2 Å². The molecule has 0 amide bonds. The van der Waals surface area contributed by atoms with Crippen molar-refractivity contribution < 1.29 is 13.2 Å². The van der Waals surface area contributed by atoms with Gasteiger partial charge in [0.2, 0.25) is 0 Å². The van der Waals surface area contributed by atoms with Crippen molar-refractivity contribution in [3.63, 3.8) is 0 Å². The summed E-state index contributed by atoms with van der Waals surface area (Å²) in [4.78, 5) is 2.37. The molecule has 1 saturated heterocycles. The average molecular weight is 367 g/mol. The van der Waals surface area contributed by atoms with E-state index >= 15 is 0 Å². The zero-order chi connectivity index (χ0) is 17.9. The van der Waals surface area contributed by atoms with Gasteiger partial charge in [-0.05, 0) is 37.8 Å². The van der Waals surface area contributed by atoms with Gasteiger partial charge in [-0.2, -0.15) is 0 Å². The Morgan fingerprint density at radius 1 is 1.08 bits per heavy atom. The van der Waals surface area contributed by atoms with E-state index in [1.165, 1.54) is 6.26 Å². The quantitative estimate of drug-likeness (QED) is 0.868. The van der Waals surface area contributed by atoms with Crippen molar-refractivity contribution in [1.82, 2.24) is 5.32 Å². The highest BCUT2D eigenvalue weighted by atomic mass is 32.2. The number of hydrogen-bond donors (Lipinski definition) is 1. The van der Waals surface area contributed by atoms with Crippen molar-refractivity contribution in [2.75, 3.05) is 31.4 Å². The maximum Gasteiger partial charge on any atom is 0.151 e. The number of hydrogen-bond acceptors (Lipinski definition) is 5. The van der Waals surface area contributed by atoms with Crippen molar-refractivity contribution in [3.05, 3.63) is 24.3 Å². The minimum atomic E-state index is -2.98. The molecule has 140 valence electrons. The van der Waals surface area contributed by atoms with Crippen LogP contribution in [0.4, 0.5) is 5.69 Å². The maximum absolute atomic E-state index is 12.1. The number of nitrogens with zero attached hydrogens (tertiary/aromatic N) is 1. The molecule has 1 aromatic carbocycles. The second-order valence-electron chi connectivity index (χ2n) is 7.36.